The largest absolute Gasteiger partial charge is 0.330 e. The molecule has 16 heavy (non-hydrogen) atoms. The first-order chi connectivity index (χ1) is 7.69. The van der Waals surface area contributed by atoms with E-state index in [1.807, 2.05) is 11.5 Å². The molecule has 2 rings (SSSR count). The maximum Gasteiger partial charge on any atom is 0.170 e. The summed E-state index contributed by atoms with van der Waals surface area (Å²) in [6.45, 7) is 4.73. The maximum atomic E-state index is 10.6. The van der Waals surface area contributed by atoms with Crippen molar-refractivity contribution in [3.8, 4) is 0 Å². The van der Waals surface area contributed by atoms with Crippen molar-refractivity contribution in [1.82, 2.24) is 9.55 Å². The Kier molecular flexibility index (Phi) is 2.86. The molecule has 1 aromatic carbocycles. The van der Waals surface area contributed by atoms with E-state index in [1.165, 1.54) is 11.1 Å². The number of hydrogen-bond acceptors (Lipinski definition) is 2. The lowest BCUT2D eigenvalue weighted by Crippen LogP contribution is -2.00. The van der Waals surface area contributed by atoms with Crippen LogP contribution >= 0.6 is 0 Å². The van der Waals surface area contributed by atoms with E-state index in [-0.39, 0.29) is 0 Å². The molecule has 3 heteroatoms. The Morgan fingerprint density at radius 3 is 2.50 bits per heavy atom. The van der Waals surface area contributed by atoms with Crippen molar-refractivity contribution in [3.05, 3.63) is 53.1 Å². The van der Waals surface area contributed by atoms with Gasteiger partial charge in [0.25, 0.3) is 0 Å². The van der Waals surface area contributed by atoms with Gasteiger partial charge in [-0.25, -0.2) is 4.98 Å². The minimum atomic E-state index is 0.490. The highest BCUT2D eigenvalue weighted by Gasteiger charge is 2.03. The molecular weight excluding hydrogens is 200 g/mol. The van der Waals surface area contributed by atoms with E-state index in [1.54, 1.807) is 6.20 Å². The van der Waals surface area contributed by atoms with Crippen LogP contribution in [0, 0.1) is 13.8 Å². The van der Waals surface area contributed by atoms with Crippen LogP contribution in [0.15, 0.2) is 30.5 Å². The van der Waals surface area contributed by atoms with Crippen LogP contribution in [0.25, 0.3) is 0 Å². The second kappa shape index (κ2) is 4.31. The Hall–Kier alpha value is -1.90. The van der Waals surface area contributed by atoms with Crippen molar-refractivity contribution in [2.75, 3.05) is 0 Å². The van der Waals surface area contributed by atoms with Gasteiger partial charge in [0.2, 0.25) is 0 Å². The fourth-order valence-electron chi connectivity index (χ4n) is 1.64. The van der Waals surface area contributed by atoms with E-state index < -0.39 is 0 Å². The molecule has 0 aliphatic heterocycles. The third kappa shape index (κ3) is 2.19. The Morgan fingerprint density at radius 2 is 1.94 bits per heavy atom. The van der Waals surface area contributed by atoms with Gasteiger partial charge in [-0.2, -0.15) is 0 Å². The molecule has 0 aliphatic carbocycles. The molecule has 0 saturated heterocycles. The normalized spacial score (nSPS) is 10.4. The van der Waals surface area contributed by atoms with Crippen molar-refractivity contribution in [2.24, 2.45) is 0 Å². The molecule has 2 aromatic rings. The Labute approximate surface area is 94.7 Å². The lowest BCUT2D eigenvalue weighted by Gasteiger charge is -2.05. The van der Waals surface area contributed by atoms with Crippen molar-refractivity contribution < 1.29 is 4.79 Å². The number of nitrogens with zero attached hydrogens (tertiary/aromatic N) is 2. The number of aryl methyl sites for hydroxylation is 2. The summed E-state index contributed by atoms with van der Waals surface area (Å²) in [4.78, 5) is 14.7. The van der Waals surface area contributed by atoms with E-state index in [2.05, 4.69) is 36.2 Å². The quantitative estimate of drug-likeness (QED) is 0.735. The highest BCUT2D eigenvalue weighted by atomic mass is 16.1. The third-order valence-electron chi connectivity index (χ3n) is 2.59. The van der Waals surface area contributed by atoms with Gasteiger partial charge in [-0.05, 0) is 19.4 Å². The molecule has 0 fully saturated rings. The van der Waals surface area contributed by atoms with E-state index in [0.29, 0.717) is 5.69 Å². The van der Waals surface area contributed by atoms with Gasteiger partial charge in [0.1, 0.15) is 11.5 Å². The summed E-state index contributed by atoms with van der Waals surface area (Å²) in [6, 6.07) is 8.36. The maximum absolute atomic E-state index is 10.6. The number of carbonyl (C=O) groups excluding carboxylic acids is 1. The average molecular weight is 214 g/mol. The smallest absolute Gasteiger partial charge is 0.170 e. The van der Waals surface area contributed by atoms with Gasteiger partial charge in [0, 0.05) is 12.7 Å². The van der Waals surface area contributed by atoms with Gasteiger partial charge in [0.15, 0.2) is 6.29 Å². The molecule has 1 heterocycles. The van der Waals surface area contributed by atoms with Gasteiger partial charge < -0.3 is 4.57 Å². The summed E-state index contributed by atoms with van der Waals surface area (Å²) in [5.74, 6) is 0.864. The van der Waals surface area contributed by atoms with Crippen molar-refractivity contribution >= 4 is 6.29 Å². The molecule has 0 aliphatic rings. The Bertz CT molecular complexity index is 497. The van der Waals surface area contributed by atoms with Crippen LogP contribution in [0.5, 0.6) is 0 Å². The molecule has 0 saturated carbocycles. The molecule has 1 aromatic heterocycles. The molecule has 0 atom stereocenters. The van der Waals surface area contributed by atoms with Gasteiger partial charge in [-0.1, -0.05) is 29.8 Å². The second-order valence-electron chi connectivity index (χ2n) is 3.94. The highest BCUT2D eigenvalue weighted by Crippen LogP contribution is 2.08. The average Bonchev–Trinajstić information content (AvgIpc) is 2.63. The summed E-state index contributed by atoms with van der Waals surface area (Å²) in [5.41, 5.74) is 2.95. The van der Waals surface area contributed by atoms with Crippen molar-refractivity contribution in [1.29, 1.82) is 0 Å². The van der Waals surface area contributed by atoms with E-state index >= 15 is 0 Å². The molecular formula is C13H14N2O. The van der Waals surface area contributed by atoms with Crippen LogP contribution in [0.1, 0.15) is 27.4 Å². The summed E-state index contributed by atoms with van der Waals surface area (Å²) < 4.78 is 1.98. The summed E-state index contributed by atoms with van der Waals surface area (Å²) in [5, 5.41) is 0. The van der Waals surface area contributed by atoms with Crippen LogP contribution in [0.2, 0.25) is 0 Å². The van der Waals surface area contributed by atoms with Crippen LogP contribution < -0.4 is 0 Å². The highest BCUT2D eigenvalue weighted by molar-refractivity contribution is 5.71. The first kappa shape index (κ1) is 10.6. The summed E-state index contributed by atoms with van der Waals surface area (Å²) >= 11 is 0. The Morgan fingerprint density at radius 1 is 1.25 bits per heavy atom. The van der Waals surface area contributed by atoms with Crippen molar-refractivity contribution in [2.45, 2.75) is 20.4 Å². The van der Waals surface area contributed by atoms with Crippen LogP contribution in [0.3, 0.4) is 0 Å². The Balaban J connectivity index is 2.23. The van der Waals surface area contributed by atoms with Gasteiger partial charge >= 0.3 is 0 Å². The zero-order chi connectivity index (χ0) is 11.5. The molecule has 0 unspecified atom stereocenters. The number of carbonyl (C=O) groups is 1. The number of rotatable bonds is 3. The second-order valence-corrected chi connectivity index (χ2v) is 3.94. The van der Waals surface area contributed by atoms with Gasteiger partial charge in [0.05, 0.1) is 0 Å². The molecule has 0 N–H and O–H groups in total. The lowest BCUT2D eigenvalue weighted by atomic mass is 10.1. The topological polar surface area (TPSA) is 34.9 Å². The standard InChI is InChI=1S/C13H14N2O/c1-10-3-5-12(6-4-10)7-15-8-13(9-16)14-11(15)2/h3-6,8-9H,7H2,1-2H3. The number of aldehydes is 1. The van der Waals surface area contributed by atoms with E-state index in [0.717, 1.165) is 18.7 Å². The first-order valence-electron chi connectivity index (χ1n) is 5.23. The van der Waals surface area contributed by atoms with Gasteiger partial charge in [-0.3, -0.25) is 4.79 Å². The molecule has 82 valence electrons. The number of hydrogen-bond donors (Lipinski definition) is 0. The van der Waals surface area contributed by atoms with Crippen LogP contribution in [0.4, 0.5) is 0 Å². The molecule has 0 spiro atoms. The minimum Gasteiger partial charge on any atom is -0.330 e. The SMILES string of the molecule is Cc1ccc(Cn2cc(C=O)nc2C)cc1. The summed E-state index contributed by atoms with van der Waals surface area (Å²) in [6.07, 6.45) is 2.56. The van der Waals surface area contributed by atoms with Crippen molar-refractivity contribution in [3.63, 3.8) is 0 Å². The van der Waals surface area contributed by atoms with Crippen LogP contribution in [-0.2, 0) is 6.54 Å². The molecule has 0 amide bonds. The fourth-order valence-corrected chi connectivity index (χ4v) is 1.64. The first-order valence-corrected chi connectivity index (χ1v) is 5.23. The zero-order valence-electron chi connectivity index (χ0n) is 9.47. The monoisotopic (exact) mass is 214 g/mol. The fraction of sp³-hybridized carbons (Fsp3) is 0.231. The molecule has 0 radical (unpaired) electrons. The third-order valence-corrected chi connectivity index (χ3v) is 2.59. The number of benzene rings is 1. The van der Waals surface area contributed by atoms with Gasteiger partial charge in [-0.15, -0.1) is 0 Å². The van der Waals surface area contributed by atoms with E-state index in [4.69, 9.17) is 0 Å². The zero-order valence-corrected chi connectivity index (χ0v) is 9.47. The summed E-state index contributed by atoms with van der Waals surface area (Å²) in [7, 11) is 0. The minimum absolute atomic E-state index is 0.490. The van der Waals surface area contributed by atoms with Crippen LogP contribution in [-0.4, -0.2) is 15.8 Å². The van der Waals surface area contributed by atoms with E-state index in [9.17, 15) is 4.79 Å². The predicted octanol–water partition coefficient (Wildman–Crippen LogP) is 2.36. The predicted molar refractivity (Wildman–Crippen MR) is 62.6 cm³/mol. The molecule has 3 nitrogen and oxygen atoms in total. The lowest BCUT2D eigenvalue weighted by molar-refractivity contribution is 0.111. The number of imidazole rings is 1. The molecule has 0 bridgehead atoms. The number of aromatic nitrogens is 2.